The number of carbonyl (C=O) groups excluding carboxylic acids is 3. The summed E-state index contributed by atoms with van der Waals surface area (Å²) in [6.45, 7) is 4.78. The number of amides is 1. The number of esters is 1. The van der Waals surface area contributed by atoms with Gasteiger partial charge < -0.3 is 20.7 Å². The van der Waals surface area contributed by atoms with Gasteiger partial charge in [0.05, 0.1) is 17.5 Å². The highest BCUT2D eigenvalue weighted by atomic mass is 19.1. The third kappa shape index (κ3) is 6.15. The van der Waals surface area contributed by atoms with Gasteiger partial charge in [-0.05, 0) is 87.5 Å². The fourth-order valence-electron chi connectivity index (χ4n) is 6.23. The first kappa shape index (κ1) is 28.8. The molecule has 1 saturated carbocycles. The Labute approximate surface area is 240 Å². The summed E-state index contributed by atoms with van der Waals surface area (Å²) in [5.74, 6) is -1.11. The number of primary amides is 1. The number of nitrogens with one attached hydrogen (secondary N) is 1. The van der Waals surface area contributed by atoms with Crippen LogP contribution in [0.4, 0.5) is 10.1 Å². The van der Waals surface area contributed by atoms with Gasteiger partial charge in [0.25, 0.3) is 5.91 Å². The zero-order chi connectivity index (χ0) is 29.5. The summed E-state index contributed by atoms with van der Waals surface area (Å²) in [5, 5.41) is 4.18. The van der Waals surface area contributed by atoms with Crippen LogP contribution in [-0.4, -0.2) is 60.0 Å². The lowest BCUT2D eigenvalue weighted by Gasteiger charge is -2.31. The predicted molar refractivity (Wildman–Crippen MR) is 158 cm³/mol. The first-order chi connectivity index (χ1) is 19.4. The van der Waals surface area contributed by atoms with E-state index in [4.69, 9.17) is 10.5 Å². The number of anilines is 1. The Morgan fingerprint density at radius 3 is 2.51 bits per heavy atom. The number of aromatic nitrogens is 1. The topological polar surface area (TPSA) is 107 Å². The highest BCUT2D eigenvalue weighted by Crippen LogP contribution is 2.43. The zero-order valence-electron chi connectivity index (χ0n) is 24.3. The maximum Gasteiger partial charge on any atom is 0.307 e. The standard InChI is InChI=1S/C32H39FN4O4/c1-32(2)17-27-30(24-16-20(33)6-12-26(24)37(27)28(38)18-32)19-5-11-23(31(34)40)25(15-19)35-21-7-9-22(10-8-21)41-29(39)13-14-36(3)4/h5-6,11-12,15-16,21-22,35H,7-10,13-14,17-18H2,1-4H3,(H2,34,40)/t21-,22-. The summed E-state index contributed by atoms with van der Waals surface area (Å²) in [7, 11) is 3.85. The quantitative estimate of drug-likeness (QED) is 0.357. The summed E-state index contributed by atoms with van der Waals surface area (Å²) in [4.78, 5) is 39.7. The van der Waals surface area contributed by atoms with Crippen LogP contribution in [0.3, 0.4) is 0 Å². The van der Waals surface area contributed by atoms with E-state index >= 15 is 0 Å². The van der Waals surface area contributed by atoms with Gasteiger partial charge in [-0.15, -0.1) is 0 Å². The van der Waals surface area contributed by atoms with Gasteiger partial charge in [0.1, 0.15) is 11.9 Å². The Bertz CT molecular complexity index is 1500. The number of hydrogen-bond donors (Lipinski definition) is 2. The second-order valence-electron chi connectivity index (χ2n) is 12.5. The molecule has 3 aromatic rings. The molecule has 2 aromatic carbocycles. The molecule has 218 valence electrons. The fourth-order valence-corrected chi connectivity index (χ4v) is 6.23. The van der Waals surface area contributed by atoms with Crippen LogP contribution in [-0.2, 0) is 16.0 Å². The summed E-state index contributed by atoms with van der Waals surface area (Å²) >= 11 is 0. The number of rotatable bonds is 8. The summed E-state index contributed by atoms with van der Waals surface area (Å²) in [5.41, 5.74) is 9.60. The van der Waals surface area contributed by atoms with Crippen LogP contribution in [0.1, 0.15) is 73.2 Å². The van der Waals surface area contributed by atoms with Crippen molar-refractivity contribution in [1.82, 2.24) is 9.47 Å². The maximum absolute atomic E-state index is 14.5. The van der Waals surface area contributed by atoms with E-state index in [1.54, 1.807) is 16.7 Å². The molecule has 41 heavy (non-hydrogen) atoms. The number of benzene rings is 2. The largest absolute Gasteiger partial charge is 0.462 e. The first-order valence-corrected chi connectivity index (χ1v) is 14.3. The molecule has 1 aliphatic heterocycles. The number of hydrogen-bond acceptors (Lipinski definition) is 6. The molecule has 0 spiro atoms. The van der Waals surface area contributed by atoms with Crippen molar-refractivity contribution in [1.29, 1.82) is 0 Å². The molecule has 1 aromatic heterocycles. The lowest BCUT2D eigenvalue weighted by Crippen LogP contribution is -2.32. The number of fused-ring (bicyclic) bond motifs is 3. The lowest BCUT2D eigenvalue weighted by atomic mass is 9.80. The van der Waals surface area contributed by atoms with E-state index in [0.29, 0.717) is 48.0 Å². The average Bonchev–Trinajstić information content (AvgIpc) is 3.20. The van der Waals surface area contributed by atoms with Crippen molar-refractivity contribution in [3.8, 4) is 11.1 Å². The molecule has 5 rings (SSSR count). The number of nitrogens with two attached hydrogens (primary N) is 1. The molecule has 9 heteroatoms. The summed E-state index contributed by atoms with van der Waals surface area (Å²) < 4.78 is 21.9. The van der Waals surface area contributed by atoms with Crippen molar-refractivity contribution in [3.63, 3.8) is 0 Å². The second kappa shape index (κ2) is 11.3. The van der Waals surface area contributed by atoms with Crippen LogP contribution in [0.25, 0.3) is 22.0 Å². The minimum Gasteiger partial charge on any atom is -0.462 e. The van der Waals surface area contributed by atoms with Crippen LogP contribution >= 0.6 is 0 Å². The molecule has 0 saturated heterocycles. The molecule has 0 bridgehead atoms. The second-order valence-corrected chi connectivity index (χ2v) is 12.5. The van der Waals surface area contributed by atoms with Gasteiger partial charge in [-0.3, -0.25) is 19.0 Å². The molecular formula is C32H39FN4O4. The van der Waals surface area contributed by atoms with Crippen molar-refractivity contribution in [3.05, 3.63) is 53.5 Å². The molecule has 8 nitrogen and oxygen atoms in total. The van der Waals surface area contributed by atoms with Crippen LogP contribution in [0.5, 0.6) is 0 Å². The van der Waals surface area contributed by atoms with Gasteiger partial charge >= 0.3 is 5.97 Å². The molecule has 1 amide bonds. The molecular weight excluding hydrogens is 523 g/mol. The normalized spacial score (nSPS) is 20.2. The van der Waals surface area contributed by atoms with E-state index in [1.807, 2.05) is 31.1 Å². The Balaban J connectivity index is 1.43. The molecule has 3 N–H and O–H groups in total. The van der Waals surface area contributed by atoms with Crippen LogP contribution in [0.15, 0.2) is 36.4 Å². The molecule has 2 heterocycles. The monoisotopic (exact) mass is 562 g/mol. The third-order valence-electron chi connectivity index (χ3n) is 8.22. The Kier molecular flexibility index (Phi) is 7.92. The molecule has 0 atom stereocenters. The number of carbonyl (C=O) groups is 3. The Hall–Kier alpha value is -3.72. The minimum atomic E-state index is -0.548. The Morgan fingerprint density at radius 2 is 1.83 bits per heavy atom. The number of halogens is 1. The summed E-state index contributed by atoms with van der Waals surface area (Å²) in [6, 6.07) is 10.00. The van der Waals surface area contributed by atoms with Gasteiger partial charge in [-0.25, -0.2) is 4.39 Å². The van der Waals surface area contributed by atoms with Crippen molar-refractivity contribution in [2.24, 2.45) is 11.1 Å². The predicted octanol–water partition coefficient (Wildman–Crippen LogP) is 5.38. The van der Waals surface area contributed by atoms with Crippen LogP contribution in [0.2, 0.25) is 0 Å². The van der Waals surface area contributed by atoms with E-state index in [-0.39, 0.29) is 35.3 Å². The van der Waals surface area contributed by atoms with Gasteiger partial charge in [0.15, 0.2) is 0 Å². The Morgan fingerprint density at radius 1 is 1.10 bits per heavy atom. The third-order valence-corrected chi connectivity index (χ3v) is 8.22. The fraction of sp³-hybridized carbons (Fsp3) is 0.469. The summed E-state index contributed by atoms with van der Waals surface area (Å²) in [6.07, 6.45) is 4.31. The highest BCUT2D eigenvalue weighted by Gasteiger charge is 2.35. The molecule has 0 radical (unpaired) electrons. The van der Waals surface area contributed by atoms with E-state index in [0.717, 1.165) is 42.5 Å². The van der Waals surface area contributed by atoms with Gasteiger partial charge in [0, 0.05) is 41.3 Å². The molecule has 0 unspecified atom stereocenters. The van der Waals surface area contributed by atoms with Crippen LogP contribution in [0, 0.1) is 11.2 Å². The smallest absolute Gasteiger partial charge is 0.307 e. The molecule has 1 fully saturated rings. The number of nitrogens with zero attached hydrogens (tertiary/aromatic N) is 2. The van der Waals surface area contributed by atoms with Crippen molar-refractivity contribution < 1.29 is 23.5 Å². The van der Waals surface area contributed by atoms with E-state index in [1.165, 1.54) is 12.1 Å². The van der Waals surface area contributed by atoms with Crippen molar-refractivity contribution >= 4 is 34.4 Å². The zero-order valence-corrected chi connectivity index (χ0v) is 24.3. The highest BCUT2D eigenvalue weighted by molar-refractivity contribution is 6.06. The van der Waals surface area contributed by atoms with Crippen LogP contribution < -0.4 is 11.1 Å². The van der Waals surface area contributed by atoms with Gasteiger partial charge in [-0.1, -0.05) is 19.9 Å². The van der Waals surface area contributed by atoms with Crippen molar-refractivity contribution in [2.45, 2.75) is 70.9 Å². The lowest BCUT2D eigenvalue weighted by molar-refractivity contribution is -0.150. The molecule has 1 aliphatic carbocycles. The van der Waals surface area contributed by atoms with E-state index < -0.39 is 5.91 Å². The minimum absolute atomic E-state index is 0.00890. The van der Waals surface area contributed by atoms with E-state index in [2.05, 4.69) is 19.2 Å². The van der Waals surface area contributed by atoms with Crippen molar-refractivity contribution in [2.75, 3.05) is 26.0 Å². The van der Waals surface area contributed by atoms with Gasteiger partial charge in [-0.2, -0.15) is 0 Å². The van der Waals surface area contributed by atoms with E-state index in [9.17, 15) is 18.8 Å². The average molecular weight is 563 g/mol. The maximum atomic E-state index is 14.5. The van der Waals surface area contributed by atoms with Gasteiger partial charge in [0.2, 0.25) is 5.91 Å². The first-order valence-electron chi connectivity index (χ1n) is 14.3. The SMILES string of the molecule is CN(C)CCC(=O)O[C@H]1CC[C@H](Nc2cc(-c3c4n(c5ccc(F)cc35)C(=O)CC(C)(C)C4)ccc2C(N)=O)CC1. The number of ether oxygens (including phenoxy) is 1. The molecule has 2 aliphatic rings.